The number of amides is 1. The highest BCUT2D eigenvalue weighted by atomic mass is 16.3. The fourth-order valence-corrected chi connectivity index (χ4v) is 1.94. The van der Waals surface area contributed by atoms with Crippen LogP contribution in [0.2, 0.25) is 0 Å². The zero-order chi connectivity index (χ0) is 14.1. The van der Waals surface area contributed by atoms with Crippen LogP contribution in [0.15, 0.2) is 24.3 Å². The number of benzene rings is 1. The van der Waals surface area contributed by atoms with Crippen LogP contribution in [-0.4, -0.2) is 42.2 Å². The van der Waals surface area contributed by atoms with E-state index < -0.39 is 0 Å². The van der Waals surface area contributed by atoms with Crippen molar-refractivity contribution in [1.82, 2.24) is 4.90 Å². The van der Waals surface area contributed by atoms with Crippen LogP contribution < -0.4 is 11.1 Å². The number of anilines is 1. The summed E-state index contributed by atoms with van der Waals surface area (Å²) in [7, 11) is 0. The van der Waals surface area contributed by atoms with Gasteiger partial charge in [0.05, 0.1) is 13.2 Å². The molecule has 0 aromatic heterocycles. The quantitative estimate of drug-likeness (QED) is 0.649. The maximum absolute atomic E-state index is 12.0. The van der Waals surface area contributed by atoms with Gasteiger partial charge in [-0.3, -0.25) is 9.69 Å². The predicted octanol–water partition coefficient (Wildman–Crippen LogP) is 0.788. The van der Waals surface area contributed by atoms with E-state index >= 15 is 0 Å². The van der Waals surface area contributed by atoms with Gasteiger partial charge in [-0.15, -0.1) is 0 Å². The molecule has 0 aliphatic rings. The molecule has 5 heteroatoms. The summed E-state index contributed by atoms with van der Waals surface area (Å²) in [5.41, 5.74) is 7.30. The average molecular weight is 265 g/mol. The number of nitrogens with two attached hydrogens (primary N) is 1. The first-order chi connectivity index (χ1) is 9.21. The Morgan fingerprint density at radius 3 is 2.74 bits per heavy atom. The third kappa shape index (κ3) is 5.38. The van der Waals surface area contributed by atoms with Gasteiger partial charge in [0.2, 0.25) is 5.91 Å². The minimum atomic E-state index is -0.0807. The lowest BCUT2D eigenvalue weighted by molar-refractivity contribution is -0.117. The van der Waals surface area contributed by atoms with Gasteiger partial charge in [-0.25, -0.2) is 0 Å². The van der Waals surface area contributed by atoms with Crippen molar-refractivity contribution in [2.24, 2.45) is 5.73 Å². The van der Waals surface area contributed by atoms with Gasteiger partial charge < -0.3 is 16.2 Å². The Hall–Kier alpha value is -1.43. The first-order valence-corrected chi connectivity index (χ1v) is 6.62. The largest absolute Gasteiger partial charge is 0.395 e. The molecular weight excluding hydrogens is 242 g/mol. The molecule has 19 heavy (non-hydrogen) atoms. The van der Waals surface area contributed by atoms with Crippen molar-refractivity contribution in [3.8, 4) is 0 Å². The monoisotopic (exact) mass is 265 g/mol. The highest BCUT2D eigenvalue weighted by Gasteiger charge is 2.10. The summed E-state index contributed by atoms with van der Waals surface area (Å²) in [5, 5.41) is 11.8. The number of hydrogen-bond donors (Lipinski definition) is 3. The zero-order valence-electron chi connectivity index (χ0n) is 11.4. The Kier molecular flexibility index (Phi) is 7.10. The fourth-order valence-electron chi connectivity index (χ4n) is 1.94. The maximum atomic E-state index is 12.0. The Morgan fingerprint density at radius 2 is 2.11 bits per heavy atom. The number of rotatable bonds is 8. The van der Waals surface area contributed by atoms with Crippen molar-refractivity contribution in [1.29, 1.82) is 0 Å². The SMILES string of the molecule is CCCN(CCO)CC(=O)Nc1ccccc1CN. The van der Waals surface area contributed by atoms with Crippen LogP contribution in [0, 0.1) is 0 Å². The number of carbonyl (C=O) groups is 1. The lowest BCUT2D eigenvalue weighted by atomic mass is 10.2. The van der Waals surface area contributed by atoms with E-state index in [0.717, 1.165) is 24.2 Å². The zero-order valence-corrected chi connectivity index (χ0v) is 11.4. The number of aliphatic hydroxyl groups excluding tert-OH is 1. The van der Waals surface area contributed by atoms with Gasteiger partial charge in [-0.1, -0.05) is 25.1 Å². The van der Waals surface area contributed by atoms with E-state index in [1.807, 2.05) is 36.1 Å². The minimum Gasteiger partial charge on any atom is -0.395 e. The van der Waals surface area contributed by atoms with Gasteiger partial charge in [-0.05, 0) is 24.6 Å². The molecular formula is C14H23N3O2. The van der Waals surface area contributed by atoms with Crippen LogP contribution in [0.3, 0.4) is 0 Å². The van der Waals surface area contributed by atoms with Crippen LogP contribution in [0.4, 0.5) is 5.69 Å². The molecule has 0 bridgehead atoms. The molecule has 0 radical (unpaired) electrons. The van der Waals surface area contributed by atoms with Crippen LogP contribution in [0.25, 0.3) is 0 Å². The molecule has 0 spiro atoms. The third-order valence-corrected chi connectivity index (χ3v) is 2.83. The molecule has 1 rings (SSSR count). The molecule has 0 heterocycles. The minimum absolute atomic E-state index is 0.0622. The standard InChI is InChI=1S/C14H23N3O2/c1-2-7-17(8-9-18)11-14(19)16-13-6-4-3-5-12(13)10-15/h3-6,18H,2,7-11,15H2,1H3,(H,16,19). The number of aliphatic hydroxyl groups is 1. The number of carbonyl (C=O) groups excluding carboxylic acids is 1. The second kappa shape index (κ2) is 8.63. The number of nitrogens with one attached hydrogen (secondary N) is 1. The average Bonchev–Trinajstić information content (AvgIpc) is 2.40. The molecule has 0 atom stereocenters. The van der Waals surface area contributed by atoms with Crippen molar-refractivity contribution in [3.05, 3.63) is 29.8 Å². The van der Waals surface area contributed by atoms with Crippen molar-refractivity contribution >= 4 is 11.6 Å². The van der Waals surface area contributed by atoms with E-state index in [9.17, 15) is 4.79 Å². The van der Waals surface area contributed by atoms with E-state index in [1.165, 1.54) is 0 Å². The molecule has 0 saturated carbocycles. The first kappa shape index (κ1) is 15.6. The van der Waals surface area contributed by atoms with Crippen LogP contribution >= 0.6 is 0 Å². The van der Waals surface area contributed by atoms with Gasteiger partial charge in [0.15, 0.2) is 0 Å². The van der Waals surface area contributed by atoms with E-state index in [4.69, 9.17) is 10.8 Å². The van der Waals surface area contributed by atoms with E-state index in [2.05, 4.69) is 5.32 Å². The van der Waals surface area contributed by atoms with Crippen LogP contribution in [0.1, 0.15) is 18.9 Å². The molecule has 1 amide bonds. The lowest BCUT2D eigenvalue weighted by Gasteiger charge is -2.20. The molecule has 5 nitrogen and oxygen atoms in total. The van der Waals surface area contributed by atoms with Gasteiger partial charge in [-0.2, -0.15) is 0 Å². The molecule has 0 fully saturated rings. The van der Waals surface area contributed by atoms with Crippen LogP contribution in [-0.2, 0) is 11.3 Å². The Morgan fingerprint density at radius 1 is 1.37 bits per heavy atom. The van der Waals surface area contributed by atoms with Crippen molar-refractivity contribution in [3.63, 3.8) is 0 Å². The Balaban J connectivity index is 2.58. The summed E-state index contributed by atoms with van der Waals surface area (Å²) in [6, 6.07) is 7.50. The highest BCUT2D eigenvalue weighted by Crippen LogP contribution is 2.13. The van der Waals surface area contributed by atoms with Gasteiger partial charge in [0, 0.05) is 18.8 Å². The fraction of sp³-hybridized carbons (Fsp3) is 0.500. The predicted molar refractivity (Wildman–Crippen MR) is 76.8 cm³/mol. The second-order valence-corrected chi connectivity index (χ2v) is 4.41. The summed E-state index contributed by atoms with van der Waals surface area (Å²) in [6.07, 6.45) is 0.951. The normalized spacial score (nSPS) is 10.7. The third-order valence-electron chi connectivity index (χ3n) is 2.83. The molecule has 0 saturated heterocycles. The lowest BCUT2D eigenvalue weighted by Crippen LogP contribution is -2.35. The van der Waals surface area contributed by atoms with E-state index in [1.54, 1.807) is 0 Å². The van der Waals surface area contributed by atoms with Gasteiger partial charge in [0.25, 0.3) is 0 Å². The maximum Gasteiger partial charge on any atom is 0.238 e. The number of para-hydroxylation sites is 1. The van der Waals surface area contributed by atoms with E-state index in [-0.39, 0.29) is 19.1 Å². The molecule has 0 aliphatic carbocycles. The smallest absolute Gasteiger partial charge is 0.238 e. The molecule has 0 unspecified atom stereocenters. The highest BCUT2D eigenvalue weighted by molar-refractivity contribution is 5.92. The second-order valence-electron chi connectivity index (χ2n) is 4.41. The molecule has 1 aromatic carbocycles. The van der Waals surface area contributed by atoms with Crippen molar-refractivity contribution < 1.29 is 9.90 Å². The summed E-state index contributed by atoms with van der Waals surface area (Å²) < 4.78 is 0. The topological polar surface area (TPSA) is 78.6 Å². The number of nitrogens with zero attached hydrogens (tertiary/aromatic N) is 1. The Labute approximate surface area is 114 Å². The molecule has 1 aromatic rings. The summed E-state index contributed by atoms with van der Waals surface area (Å²) in [6.45, 7) is 4.10. The van der Waals surface area contributed by atoms with Gasteiger partial charge >= 0.3 is 0 Å². The van der Waals surface area contributed by atoms with Gasteiger partial charge in [0.1, 0.15) is 0 Å². The molecule has 106 valence electrons. The van der Waals surface area contributed by atoms with Crippen molar-refractivity contribution in [2.75, 3.05) is 31.6 Å². The summed E-state index contributed by atoms with van der Waals surface area (Å²) >= 11 is 0. The summed E-state index contributed by atoms with van der Waals surface area (Å²) in [4.78, 5) is 13.9. The molecule has 0 aliphatic heterocycles. The summed E-state index contributed by atoms with van der Waals surface area (Å²) in [5.74, 6) is -0.0807. The Bertz CT molecular complexity index is 390. The van der Waals surface area contributed by atoms with Crippen LogP contribution in [0.5, 0.6) is 0 Å². The molecule has 4 N–H and O–H groups in total. The van der Waals surface area contributed by atoms with E-state index in [0.29, 0.717) is 13.1 Å². The number of hydrogen-bond acceptors (Lipinski definition) is 4. The van der Waals surface area contributed by atoms with Crippen molar-refractivity contribution in [2.45, 2.75) is 19.9 Å². The first-order valence-electron chi connectivity index (χ1n) is 6.62.